The number of phenolic OH excluding ortho intramolecular Hbond substituents is 1. The molecule has 5 nitrogen and oxygen atoms in total. The lowest BCUT2D eigenvalue weighted by Crippen LogP contribution is -2.15. The van der Waals surface area contributed by atoms with Gasteiger partial charge in [-0.15, -0.1) is 0 Å². The summed E-state index contributed by atoms with van der Waals surface area (Å²) >= 11 is 0. The number of hydrogen-bond acceptors (Lipinski definition) is 4. The Bertz CT molecular complexity index is 727. The highest BCUT2D eigenvalue weighted by Gasteiger charge is 2.17. The molecule has 1 unspecified atom stereocenters. The lowest BCUT2D eigenvalue weighted by Gasteiger charge is -2.17. The Balaban J connectivity index is 2.10. The molecule has 1 amide bonds. The molecule has 0 aliphatic heterocycles. The van der Waals surface area contributed by atoms with Crippen LogP contribution in [0.15, 0.2) is 36.4 Å². The number of carbonyl (C=O) groups excluding carboxylic acids is 1. The van der Waals surface area contributed by atoms with Crippen LogP contribution in [-0.4, -0.2) is 25.2 Å². The van der Waals surface area contributed by atoms with E-state index in [1.54, 1.807) is 38.5 Å². The first-order valence-corrected chi connectivity index (χ1v) is 7.76. The van der Waals surface area contributed by atoms with Crippen molar-refractivity contribution >= 4 is 11.6 Å². The standard InChI is InChI=1S/C19H23NO4/c1-12-5-8-17(21)16(9-12)20-19(22)10-13(2)15-7-6-14(23-3)11-18(15)24-4/h5-9,11,13,21H,10H2,1-4H3,(H,20,22). The normalized spacial score (nSPS) is 11.7. The average molecular weight is 329 g/mol. The van der Waals surface area contributed by atoms with Gasteiger partial charge in [-0.3, -0.25) is 4.79 Å². The fraction of sp³-hybridized carbons (Fsp3) is 0.316. The lowest BCUT2D eigenvalue weighted by molar-refractivity contribution is -0.116. The second-order valence-corrected chi connectivity index (χ2v) is 5.78. The van der Waals surface area contributed by atoms with E-state index in [9.17, 15) is 9.90 Å². The van der Waals surface area contributed by atoms with Crippen molar-refractivity contribution in [2.45, 2.75) is 26.2 Å². The van der Waals surface area contributed by atoms with Gasteiger partial charge >= 0.3 is 0 Å². The molecule has 2 rings (SSSR count). The second-order valence-electron chi connectivity index (χ2n) is 5.78. The maximum atomic E-state index is 12.3. The summed E-state index contributed by atoms with van der Waals surface area (Å²) in [4.78, 5) is 12.3. The van der Waals surface area contributed by atoms with Crippen LogP contribution < -0.4 is 14.8 Å². The number of ether oxygens (including phenoxy) is 2. The molecule has 1 atom stereocenters. The SMILES string of the molecule is COc1ccc(C(C)CC(=O)Nc2cc(C)ccc2O)c(OC)c1. The number of hydrogen-bond donors (Lipinski definition) is 2. The third-order valence-electron chi connectivity index (χ3n) is 3.89. The molecule has 0 aliphatic carbocycles. The molecule has 0 heterocycles. The zero-order valence-electron chi connectivity index (χ0n) is 14.4. The van der Waals surface area contributed by atoms with E-state index in [-0.39, 0.29) is 24.0 Å². The molecule has 24 heavy (non-hydrogen) atoms. The first-order chi connectivity index (χ1) is 11.4. The van der Waals surface area contributed by atoms with E-state index in [0.29, 0.717) is 17.2 Å². The van der Waals surface area contributed by atoms with Crippen molar-refractivity contribution in [1.82, 2.24) is 0 Å². The number of carbonyl (C=O) groups is 1. The van der Waals surface area contributed by atoms with Crippen molar-refractivity contribution in [2.75, 3.05) is 19.5 Å². The van der Waals surface area contributed by atoms with Crippen molar-refractivity contribution in [1.29, 1.82) is 0 Å². The molecule has 0 saturated carbocycles. The fourth-order valence-electron chi connectivity index (χ4n) is 2.56. The molecule has 0 aliphatic rings. The van der Waals surface area contributed by atoms with Crippen LogP contribution in [0.2, 0.25) is 0 Å². The summed E-state index contributed by atoms with van der Waals surface area (Å²) in [5.74, 6) is 1.24. The van der Waals surface area contributed by atoms with E-state index in [2.05, 4.69) is 5.32 Å². The molecule has 0 spiro atoms. The minimum absolute atomic E-state index is 0.0437. The Morgan fingerprint density at radius 2 is 1.92 bits per heavy atom. The number of benzene rings is 2. The maximum Gasteiger partial charge on any atom is 0.225 e. The van der Waals surface area contributed by atoms with Gasteiger partial charge in [0.05, 0.1) is 19.9 Å². The van der Waals surface area contributed by atoms with Gasteiger partial charge in [-0.25, -0.2) is 0 Å². The Hall–Kier alpha value is -2.69. The number of phenols is 1. The fourth-order valence-corrected chi connectivity index (χ4v) is 2.56. The smallest absolute Gasteiger partial charge is 0.225 e. The monoisotopic (exact) mass is 329 g/mol. The molecule has 0 saturated heterocycles. The van der Waals surface area contributed by atoms with Crippen molar-refractivity contribution in [3.05, 3.63) is 47.5 Å². The largest absolute Gasteiger partial charge is 0.506 e. The first kappa shape index (κ1) is 17.7. The second kappa shape index (κ2) is 7.73. The van der Waals surface area contributed by atoms with E-state index in [1.165, 1.54) is 0 Å². The van der Waals surface area contributed by atoms with Gasteiger partial charge in [0.1, 0.15) is 17.2 Å². The minimum Gasteiger partial charge on any atom is -0.506 e. The van der Waals surface area contributed by atoms with Crippen LogP contribution in [0, 0.1) is 6.92 Å². The average Bonchev–Trinajstić information content (AvgIpc) is 2.57. The molecular weight excluding hydrogens is 306 g/mol. The first-order valence-electron chi connectivity index (χ1n) is 7.76. The van der Waals surface area contributed by atoms with Gasteiger partial charge in [0, 0.05) is 12.5 Å². The van der Waals surface area contributed by atoms with Crippen LogP contribution in [-0.2, 0) is 4.79 Å². The molecular formula is C19H23NO4. The van der Waals surface area contributed by atoms with E-state index < -0.39 is 0 Å². The highest BCUT2D eigenvalue weighted by molar-refractivity contribution is 5.92. The van der Waals surface area contributed by atoms with Crippen LogP contribution in [0.25, 0.3) is 0 Å². The van der Waals surface area contributed by atoms with E-state index >= 15 is 0 Å². The third-order valence-corrected chi connectivity index (χ3v) is 3.89. The summed E-state index contributed by atoms with van der Waals surface area (Å²) in [6.45, 7) is 3.86. The summed E-state index contributed by atoms with van der Waals surface area (Å²) in [6, 6.07) is 10.6. The van der Waals surface area contributed by atoms with Gasteiger partial charge in [0.2, 0.25) is 5.91 Å². The number of rotatable bonds is 6. The summed E-state index contributed by atoms with van der Waals surface area (Å²) in [5, 5.41) is 12.6. The van der Waals surface area contributed by atoms with Gasteiger partial charge < -0.3 is 19.9 Å². The van der Waals surface area contributed by atoms with Crippen LogP contribution >= 0.6 is 0 Å². The van der Waals surface area contributed by atoms with Crippen LogP contribution in [0.4, 0.5) is 5.69 Å². The third kappa shape index (κ3) is 4.19. The Kier molecular flexibility index (Phi) is 5.68. The maximum absolute atomic E-state index is 12.3. The highest BCUT2D eigenvalue weighted by atomic mass is 16.5. The van der Waals surface area contributed by atoms with Gasteiger partial charge in [-0.1, -0.05) is 19.1 Å². The molecule has 0 aromatic heterocycles. The molecule has 5 heteroatoms. The molecule has 0 radical (unpaired) electrons. The topological polar surface area (TPSA) is 67.8 Å². The van der Waals surface area contributed by atoms with E-state index in [1.807, 2.05) is 26.0 Å². The molecule has 128 valence electrons. The molecule has 2 aromatic rings. The van der Waals surface area contributed by atoms with Crippen LogP contribution in [0.5, 0.6) is 17.2 Å². The summed E-state index contributed by atoms with van der Waals surface area (Å²) in [7, 11) is 3.19. The number of aromatic hydroxyl groups is 1. The predicted molar refractivity (Wildman–Crippen MR) is 94.1 cm³/mol. The van der Waals surface area contributed by atoms with Crippen molar-refractivity contribution in [3.8, 4) is 17.2 Å². The van der Waals surface area contributed by atoms with Crippen molar-refractivity contribution < 1.29 is 19.4 Å². The van der Waals surface area contributed by atoms with Crippen LogP contribution in [0.3, 0.4) is 0 Å². The number of nitrogens with one attached hydrogen (secondary N) is 1. The van der Waals surface area contributed by atoms with E-state index in [0.717, 1.165) is 11.1 Å². The molecule has 0 fully saturated rings. The lowest BCUT2D eigenvalue weighted by atomic mass is 9.96. The highest BCUT2D eigenvalue weighted by Crippen LogP contribution is 2.32. The Morgan fingerprint density at radius 3 is 2.58 bits per heavy atom. The summed E-state index contributed by atoms with van der Waals surface area (Å²) < 4.78 is 10.6. The molecule has 2 aromatic carbocycles. The zero-order chi connectivity index (χ0) is 17.7. The predicted octanol–water partition coefficient (Wildman–Crippen LogP) is 3.85. The van der Waals surface area contributed by atoms with Gasteiger partial charge in [-0.2, -0.15) is 0 Å². The van der Waals surface area contributed by atoms with Crippen LogP contribution in [0.1, 0.15) is 30.4 Å². The number of methoxy groups -OCH3 is 2. The van der Waals surface area contributed by atoms with E-state index in [4.69, 9.17) is 9.47 Å². The number of amides is 1. The van der Waals surface area contributed by atoms with Gasteiger partial charge in [-0.05, 0) is 42.2 Å². The quantitative estimate of drug-likeness (QED) is 0.790. The Labute approximate surface area is 142 Å². The zero-order valence-corrected chi connectivity index (χ0v) is 14.4. The number of anilines is 1. The summed E-state index contributed by atoms with van der Waals surface area (Å²) in [6.07, 6.45) is 0.274. The Morgan fingerprint density at radius 1 is 1.17 bits per heavy atom. The summed E-state index contributed by atoms with van der Waals surface area (Å²) in [5.41, 5.74) is 2.32. The number of aryl methyl sites for hydroxylation is 1. The van der Waals surface area contributed by atoms with Crippen molar-refractivity contribution in [2.24, 2.45) is 0 Å². The molecule has 0 bridgehead atoms. The minimum atomic E-state index is -0.165. The molecule has 2 N–H and O–H groups in total. The van der Waals surface area contributed by atoms with Gasteiger partial charge in [0.25, 0.3) is 0 Å². The van der Waals surface area contributed by atoms with Gasteiger partial charge in [0.15, 0.2) is 0 Å². The van der Waals surface area contributed by atoms with Crippen molar-refractivity contribution in [3.63, 3.8) is 0 Å².